The van der Waals surface area contributed by atoms with Crippen LogP contribution in [0.2, 0.25) is 0 Å². The van der Waals surface area contributed by atoms with Gasteiger partial charge in [0.05, 0.1) is 11.5 Å². The first kappa shape index (κ1) is 22.6. The van der Waals surface area contributed by atoms with Crippen LogP contribution in [0, 0.1) is 5.92 Å². The third kappa shape index (κ3) is 4.65. The van der Waals surface area contributed by atoms with Gasteiger partial charge in [-0.2, -0.15) is 0 Å². The molecule has 0 bridgehead atoms. The minimum atomic E-state index is -1.01. The van der Waals surface area contributed by atoms with Crippen molar-refractivity contribution in [1.82, 2.24) is 0 Å². The van der Waals surface area contributed by atoms with Crippen molar-refractivity contribution in [2.24, 2.45) is 5.92 Å². The number of hydrogen-bond donors (Lipinski definition) is 0. The number of hydrogen-bond acceptors (Lipinski definition) is 7. The number of allylic oxidation sites excluding steroid dienone is 1. The molecule has 0 saturated heterocycles. The topological polar surface area (TPSA) is 92.0 Å². The zero-order valence-electron chi connectivity index (χ0n) is 18.7. The highest BCUT2D eigenvalue weighted by molar-refractivity contribution is 5.85. The van der Waals surface area contributed by atoms with Crippen LogP contribution in [0.4, 0.5) is 0 Å². The summed E-state index contributed by atoms with van der Waals surface area (Å²) >= 11 is 0. The third-order valence-corrected chi connectivity index (χ3v) is 5.31. The van der Waals surface area contributed by atoms with E-state index in [0.717, 1.165) is 5.57 Å². The van der Waals surface area contributed by atoms with Gasteiger partial charge in [-0.3, -0.25) is 4.79 Å². The molecule has 7 nitrogen and oxygen atoms in total. The van der Waals surface area contributed by atoms with E-state index in [9.17, 15) is 14.4 Å². The van der Waals surface area contributed by atoms with Gasteiger partial charge in [0.15, 0.2) is 12.2 Å². The summed E-state index contributed by atoms with van der Waals surface area (Å²) in [6, 6.07) is 6.43. The number of ether oxygens (including phenoxy) is 3. The number of carbonyl (C=O) groups excluding carboxylic acids is 2. The molecule has 31 heavy (non-hydrogen) atoms. The Balaban J connectivity index is 2.19. The fourth-order valence-corrected chi connectivity index (χ4v) is 3.48. The molecule has 0 spiro atoms. The highest BCUT2D eigenvalue weighted by Gasteiger charge is 2.50. The summed E-state index contributed by atoms with van der Waals surface area (Å²) in [5.74, 6) is -0.958. The standard InChI is InChI=1S/C24H28O7/c1-7-14(4)23(27)30-21-19-16(10-8-15-9-11-17(25)28-20(15)19)31-24(5,6)22(21)29-18(26)12-13(2)3/h8-12,14,21-22H,7H2,1-6H3/t14?,21-,22-/m0/s1. The van der Waals surface area contributed by atoms with Crippen molar-refractivity contribution >= 4 is 22.9 Å². The van der Waals surface area contributed by atoms with E-state index in [2.05, 4.69) is 0 Å². The van der Waals surface area contributed by atoms with Crippen LogP contribution in [0.15, 0.2) is 45.1 Å². The van der Waals surface area contributed by atoms with Crippen LogP contribution in [0.25, 0.3) is 11.0 Å². The maximum atomic E-state index is 12.8. The highest BCUT2D eigenvalue weighted by Crippen LogP contribution is 2.46. The van der Waals surface area contributed by atoms with Crippen LogP contribution in [0.1, 0.15) is 59.6 Å². The second-order valence-electron chi connectivity index (χ2n) is 8.60. The molecule has 166 valence electrons. The summed E-state index contributed by atoms with van der Waals surface area (Å²) in [5, 5.41) is 0.639. The minimum absolute atomic E-state index is 0.241. The van der Waals surface area contributed by atoms with Crippen molar-refractivity contribution in [2.45, 2.75) is 65.8 Å². The molecule has 2 aromatic rings. The lowest BCUT2D eigenvalue weighted by Crippen LogP contribution is -2.52. The van der Waals surface area contributed by atoms with E-state index in [1.807, 2.05) is 6.92 Å². The molecular weight excluding hydrogens is 400 g/mol. The lowest BCUT2D eigenvalue weighted by Gasteiger charge is -2.43. The molecule has 1 aromatic heterocycles. The Labute approximate surface area is 181 Å². The van der Waals surface area contributed by atoms with Crippen molar-refractivity contribution in [3.63, 3.8) is 0 Å². The van der Waals surface area contributed by atoms with Gasteiger partial charge in [0, 0.05) is 17.5 Å². The Morgan fingerprint density at radius 3 is 2.48 bits per heavy atom. The molecule has 2 heterocycles. The average molecular weight is 428 g/mol. The van der Waals surface area contributed by atoms with Crippen LogP contribution in [0.3, 0.4) is 0 Å². The van der Waals surface area contributed by atoms with Crippen molar-refractivity contribution in [3.8, 4) is 5.75 Å². The van der Waals surface area contributed by atoms with E-state index in [4.69, 9.17) is 18.6 Å². The number of carbonyl (C=O) groups is 2. The molecule has 1 aliphatic heterocycles. The first-order valence-corrected chi connectivity index (χ1v) is 10.3. The molecule has 3 rings (SSSR count). The monoisotopic (exact) mass is 428 g/mol. The first-order chi connectivity index (χ1) is 14.5. The predicted molar refractivity (Wildman–Crippen MR) is 115 cm³/mol. The molecule has 7 heteroatoms. The number of esters is 2. The van der Waals surface area contributed by atoms with Gasteiger partial charge < -0.3 is 18.6 Å². The normalized spacial score (nSPS) is 20.2. The van der Waals surface area contributed by atoms with Gasteiger partial charge in [-0.1, -0.05) is 19.4 Å². The molecule has 0 amide bonds. The van der Waals surface area contributed by atoms with Crippen LogP contribution in [-0.2, 0) is 19.1 Å². The fraction of sp³-hybridized carbons (Fsp3) is 0.458. The van der Waals surface area contributed by atoms with E-state index in [1.54, 1.807) is 52.8 Å². The number of benzene rings is 1. The molecule has 3 atom stereocenters. The van der Waals surface area contributed by atoms with E-state index in [0.29, 0.717) is 23.1 Å². The Hall–Kier alpha value is -3.09. The molecular formula is C24H28O7. The van der Waals surface area contributed by atoms with Crippen molar-refractivity contribution < 1.29 is 28.2 Å². The molecule has 0 fully saturated rings. The molecule has 0 radical (unpaired) electrons. The number of fused-ring (bicyclic) bond motifs is 3. The summed E-state index contributed by atoms with van der Waals surface area (Å²) in [7, 11) is 0. The smallest absolute Gasteiger partial charge is 0.336 e. The molecule has 0 saturated carbocycles. The van der Waals surface area contributed by atoms with Gasteiger partial charge in [-0.05, 0) is 52.3 Å². The maximum absolute atomic E-state index is 12.8. The van der Waals surface area contributed by atoms with Gasteiger partial charge >= 0.3 is 17.6 Å². The molecule has 1 aliphatic rings. The highest BCUT2D eigenvalue weighted by atomic mass is 16.6. The van der Waals surface area contributed by atoms with E-state index >= 15 is 0 Å². The molecule has 0 aliphatic carbocycles. The van der Waals surface area contributed by atoms with Crippen molar-refractivity contribution in [1.29, 1.82) is 0 Å². The average Bonchev–Trinajstić information content (AvgIpc) is 2.68. The van der Waals surface area contributed by atoms with Gasteiger partial charge in [0.1, 0.15) is 16.9 Å². The zero-order valence-corrected chi connectivity index (χ0v) is 18.7. The van der Waals surface area contributed by atoms with Gasteiger partial charge in [-0.25, -0.2) is 9.59 Å². The van der Waals surface area contributed by atoms with Gasteiger partial charge in [0.2, 0.25) is 0 Å². The maximum Gasteiger partial charge on any atom is 0.336 e. The lowest BCUT2D eigenvalue weighted by molar-refractivity contribution is -0.189. The minimum Gasteiger partial charge on any atom is -0.483 e. The fourth-order valence-electron chi connectivity index (χ4n) is 3.48. The van der Waals surface area contributed by atoms with Crippen LogP contribution in [0.5, 0.6) is 5.75 Å². The summed E-state index contributed by atoms with van der Waals surface area (Å²) in [4.78, 5) is 37.2. The predicted octanol–water partition coefficient (Wildman–Crippen LogP) is 4.47. The largest absolute Gasteiger partial charge is 0.483 e. The molecule has 0 N–H and O–H groups in total. The van der Waals surface area contributed by atoms with Crippen LogP contribution in [-0.4, -0.2) is 23.6 Å². The second-order valence-corrected chi connectivity index (χ2v) is 8.60. The second kappa shape index (κ2) is 8.57. The Kier molecular flexibility index (Phi) is 6.25. The van der Waals surface area contributed by atoms with Crippen LogP contribution >= 0.6 is 0 Å². The van der Waals surface area contributed by atoms with Crippen LogP contribution < -0.4 is 10.4 Å². The summed E-state index contributed by atoms with van der Waals surface area (Å²) in [6.45, 7) is 10.7. The quantitative estimate of drug-likeness (QED) is 0.394. The van der Waals surface area contributed by atoms with Crippen molar-refractivity contribution in [2.75, 3.05) is 0 Å². The summed E-state index contributed by atoms with van der Waals surface area (Å²) < 4.78 is 23.2. The Morgan fingerprint density at radius 2 is 1.84 bits per heavy atom. The van der Waals surface area contributed by atoms with Crippen molar-refractivity contribution in [3.05, 3.63) is 51.9 Å². The zero-order chi connectivity index (χ0) is 22.9. The van der Waals surface area contributed by atoms with E-state index in [-0.39, 0.29) is 11.5 Å². The van der Waals surface area contributed by atoms with E-state index in [1.165, 1.54) is 12.1 Å². The molecule has 1 aromatic carbocycles. The first-order valence-electron chi connectivity index (χ1n) is 10.3. The SMILES string of the molecule is CCC(C)C(=O)O[C@H]1c2c(ccc3ccc(=O)oc23)OC(C)(C)[C@H]1OC(=O)C=C(C)C. The third-order valence-electron chi connectivity index (χ3n) is 5.31. The molecule has 1 unspecified atom stereocenters. The van der Waals surface area contributed by atoms with Gasteiger partial charge in [0.25, 0.3) is 0 Å². The lowest BCUT2D eigenvalue weighted by atomic mass is 9.87. The van der Waals surface area contributed by atoms with Gasteiger partial charge in [-0.15, -0.1) is 0 Å². The Bertz CT molecular complexity index is 1090. The van der Waals surface area contributed by atoms with E-state index < -0.39 is 35.4 Å². The summed E-state index contributed by atoms with van der Waals surface area (Å²) in [5.41, 5.74) is -0.173. The Morgan fingerprint density at radius 1 is 1.16 bits per heavy atom. The number of rotatable bonds is 5. The summed E-state index contributed by atoms with van der Waals surface area (Å²) in [6.07, 6.45) is -0.0238.